The lowest BCUT2D eigenvalue weighted by molar-refractivity contribution is 0.421. The van der Waals surface area contributed by atoms with Crippen LogP contribution in [0.4, 0.5) is 0 Å². The summed E-state index contributed by atoms with van der Waals surface area (Å²) in [6.07, 6.45) is 5.22. The van der Waals surface area contributed by atoms with Crippen LogP contribution in [0, 0.1) is 5.92 Å². The number of hydrogen-bond donors (Lipinski definition) is 1. The molecule has 74 valence electrons. The van der Waals surface area contributed by atoms with E-state index in [0.717, 1.165) is 12.0 Å². The van der Waals surface area contributed by atoms with Crippen molar-refractivity contribution in [1.29, 1.82) is 0 Å². The largest absolute Gasteiger partial charge is 0.314 e. The predicted octanol–water partition coefficient (Wildman–Crippen LogP) is 3.20. The minimum absolute atomic E-state index is 0.757. The first-order chi connectivity index (χ1) is 5.70. The molecule has 1 unspecified atom stereocenters. The van der Waals surface area contributed by atoms with Crippen LogP contribution in [0.5, 0.6) is 0 Å². The van der Waals surface area contributed by atoms with Crippen LogP contribution < -0.4 is 5.32 Å². The summed E-state index contributed by atoms with van der Waals surface area (Å²) >= 11 is 0. The Morgan fingerprint density at radius 1 is 1.08 bits per heavy atom. The standard InChI is InChI=1S/C11H25N/c1-5-9-12-11(6-2)8-7-10(3)4/h10-12H,5-9H2,1-4H3. The molecule has 0 aromatic carbocycles. The zero-order valence-corrected chi connectivity index (χ0v) is 9.19. The summed E-state index contributed by atoms with van der Waals surface area (Å²) in [4.78, 5) is 0. The molecule has 1 atom stereocenters. The molecule has 1 heteroatoms. The second kappa shape index (κ2) is 7.60. The quantitative estimate of drug-likeness (QED) is 0.620. The molecule has 0 heterocycles. The summed E-state index contributed by atoms with van der Waals surface area (Å²) in [7, 11) is 0. The highest BCUT2D eigenvalue weighted by molar-refractivity contribution is 4.65. The molecule has 0 rings (SSSR count). The van der Waals surface area contributed by atoms with Gasteiger partial charge in [0, 0.05) is 6.04 Å². The molecule has 0 aromatic rings. The van der Waals surface area contributed by atoms with Crippen molar-refractivity contribution in [2.24, 2.45) is 5.92 Å². The van der Waals surface area contributed by atoms with Gasteiger partial charge in [0.2, 0.25) is 0 Å². The zero-order chi connectivity index (χ0) is 9.40. The van der Waals surface area contributed by atoms with Crippen LogP contribution in [0.1, 0.15) is 53.4 Å². The summed E-state index contributed by atoms with van der Waals surface area (Å²) in [5.74, 6) is 0.850. The molecule has 0 spiro atoms. The number of rotatable bonds is 7. The van der Waals surface area contributed by atoms with Gasteiger partial charge in [0.05, 0.1) is 0 Å². The van der Waals surface area contributed by atoms with Crippen LogP contribution >= 0.6 is 0 Å². The molecule has 0 bridgehead atoms. The second-order valence-corrected chi connectivity index (χ2v) is 4.03. The van der Waals surface area contributed by atoms with Gasteiger partial charge >= 0.3 is 0 Å². The van der Waals surface area contributed by atoms with E-state index in [2.05, 4.69) is 33.0 Å². The lowest BCUT2D eigenvalue weighted by Gasteiger charge is -2.17. The van der Waals surface area contributed by atoms with Gasteiger partial charge in [-0.25, -0.2) is 0 Å². The fourth-order valence-corrected chi connectivity index (χ4v) is 1.33. The molecule has 0 aliphatic carbocycles. The third-order valence-electron chi connectivity index (χ3n) is 2.27. The van der Waals surface area contributed by atoms with Crippen molar-refractivity contribution < 1.29 is 0 Å². The van der Waals surface area contributed by atoms with Crippen LogP contribution in [0.25, 0.3) is 0 Å². The molecule has 1 nitrogen and oxygen atoms in total. The van der Waals surface area contributed by atoms with Crippen LogP contribution in [0.3, 0.4) is 0 Å². The minimum atomic E-state index is 0.757. The van der Waals surface area contributed by atoms with E-state index in [4.69, 9.17) is 0 Å². The fraction of sp³-hybridized carbons (Fsp3) is 1.00. The van der Waals surface area contributed by atoms with E-state index < -0.39 is 0 Å². The Morgan fingerprint density at radius 2 is 1.75 bits per heavy atom. The molecule has 0 fully saturated rings. The molecular formula is C11H25N. The summed E-state index contributed by atoms with van der Waals surface area (Å²) in [6.45, 7) is 10.3. The molecule has 12 heavy (non-hydrogen) atoms. The van der Waals surface area contributed by atoms with Gasteiger partial charge in [0.1, 0.15) is 0 Å². The van der Waals surface area contributed by atoms with Crippen LogP contribution in [0.2, 0.25) is 0 Å². The van der Waals surface area contributed by atoms with Gasteiger partial charge in [-0.2, -0.15) is 0 Å². The van der Waals surface area contributed by atoms with E-state index in [9.17, 15) is 0 Å². The molecule has 0 saturated carbocycles. The highest BCUT2D eigenvalue weighted by atomic mass is 14.9. The maximum absolute atomic E-state index is 3.57. The average molecular weight is 171 g/mol. The van der Waals surface area contributed by atoms with Crippen molar-refractivity contribution in [2.75, 3.05) is 6.54 Å². The zero-order valence-electron chi connectivity index (χ0n) is 9.19. The summed E-state index contributed by atoms with van der Waals surface area (Å²) in [5, 5.41) is 3.57. The lowest BCUT2D eigenvalue weighted by Crippen LogP contribution is -2.29. The number of nitrogens with one attached hydrogen (secondary N) is 1. The Balaban J connectivity index is 3.39. The molecule has 0 saturated heterocycles. The first-order valence-corrected chi connectivity index (χ1v) is 5.44. The minimum Gasteiger partial charge on any atom is -0.314 e. The van der Waals surface area contributed by atoms with E-state index in [1.165, 1.54) is 32.2 Å². The SMILES string of the molecule is CCCNC(CC)CCC(C)C. The Bertz CT molecular complexity index is 89.0. The lowest BCUT2D eigenvalue weighted by atomic mass is 10.0. The van der Waals surface area contributed by atoms with Gasteiger partial charge in [0.15, 0.2) is 0 Å². The maximum Gasteiger partial charge on any atom is 0.00645 e. The topological polar surface area (TPSA) is 12.0 Å². The van der Waals surface area contributed by atoms with Crippen molar-refractivity contribution in [3.05, 3.63) is 0 Å². The van der Waals surface area contributed by atoms with Gasteiger partial charge in [-0.05, 0) is 38.1 Å². The Hall–Kier alpha value is -0.0400. The van der Waals surface area contributed by atoms with E-state index in [-0.39, 0.29) is 0 Å². The van der Waals surface area contributed by atoms with E-state index in [0.29, 0.717) is 0 Å². The average Bonchev–Trinajstić information content (AvgIpc) is 2.05. The van der Waals surface area contributed by atoms with E-state index in [1.54, 1.807) is 0 Å². The third-order valence-corrected chi connectivity index (χ3v) is 2.27. The Labute approximate surface area is 77.9 Å². The molecular weight excluding hydrogens is 146 g/mol. The van der Waals surface area contributed by atoms with Gasteiger partial charge in [-0.1, -0.05) is 27.7 Å². The first kappa shape index (κ1) is 12.0. The smallest absolute Gasteiger partial charge is 0.00645 e. The summed E-state index contributed by atoms with van der Waals surface area (Å²) in [6, 6.07) is 0.757. The molecule has 0 radical (unpaired) electrons. The molecule has 0 aliphatic heterocycles. The van der Waals surface area contributed by atoms with Crippen molar-refractivity contribution in [2.45, 2.75) is 59.4 Å². The highest BCUT2D eigenvalue weighted by Crippen LogP contribution is 2.08. The fourth-order valence-electron chi connectivity index (χ4n) is 1.33. The first-order valence-electron chi connectivity index (χ1n) is 5.44. The Kier molecular flexibility index (Phi) is 7.58. The van der Waals surface area contributed by atoms with Gasteiger partial charge in [0.25, 0.3) is 0 Å². The molecule has 1 N–H and O–H groups in total. The van der Waals surface area contributed by atoms with E-state index >= 15 is 0 Å². The van der Waals surface area contributed by atoms with Gasteiger partial charge in [-0.3, -0.25) is 0 Å². The van der Waals surface area contributed by atoms with Crippen molar-refractivity contribution in [3.63, 3.8) is 0 Å². The molecule has 0 aromatic heterocycles. The Morgan fingerprint density at radius 3 is 2.17 bits per heavy atom. The molecule has 0 aliphatic rings. The molecule has 0 amide bonds. The van der Waals surface area contributed by atoms with Crippen molar-refractivity contribution in [1.82, 2.24) is 5.32 Å². The van der Waals surface area contributed by atoms with Crippen molar-refractivity contribution in [3.8, 4) is 0 Å². The summed E-state index contributed by atoms with van der Waals surface area (Å²) < 4.78 is 0. The van der Waals surface area contributed by atoms with Gasteiger partial charge < -0.3 is 5.32 Å². The van der Waals surface area contributed by atoms with E-state index in [1.807, 2.05) is 0 Å². The van der Waals surface area contributed by atoms with Crippen LogP contribution in [-0.4, -0.2) is 12.6 Å². The highest BCUT2D eigenvalue weighted by Gasteiger charge is 2.05. The van der Waals surface area contributed by atoms with Crippen LogP contribution in [-0.2, 0) is 0 Å². The maximum atomic E-state index is 3.57. The predicted molar refractivity (Wildman–Crippen MR) is 56.4 cm³/mol. The second-order valence-electron chi connectivity index (χ2n) is 4.03. The van der Waals surface area contributed by atoms with Crippen molar-refractivity contribution >= 4 is 0 Å². The summed E-state index contributed by atoms with van der Waals surface area (Å²) in [5.41, 5.74) is 0. The third kappa shape index (κ3) is 6.66. The number of hydrogen-bond acceptors (Lipinski definition) is 1. The van der Waals surface area contributed by atoms with Gasteiger partial charge in [-0.15, -0.1) is 0 Å². The normalized spacial score (nSPS) is 13.8. The monoisotopic (exact) mass is 171 g/mol. The van der Waals surface area contributed by atoms with Crippen LogP contribution in [0.15, 0.2) is 0 Å².